The van der Waals surface area contributed by atoms with Gasteiger partial charge in [0.1, 0.15) is 11.5 Å². The van der Waals surface area contributed by atoms with Crippen LogP contribution in [-0.4, -0.2) is 38.4 Å². The predicted octanol–water partition coefficient (Wildman–Crippen LogP) is 10.5. The van der Waals surface area contributed by atoms with Gasteiger partial charge in [0.2, 0.25) is 0 Å². The van der Waals surface area contributed by atoms with E-state index in [0.29, 0.717) is 56.3 Å². The van der Waals surface area contributed by atoms with E-state index >= 15 is 0 Å². The van der Waals surface area contributed by atoms with Crippen LogP contribution in [0, 0.1) is 6.92 Å². The number of rotatable bonds is 21. The van der Waals surface area contributed by atoms with Crippen LogP contribution < -0.4 is 20.3 Å². The zero-order chi connectivity index (χ0) is 36.1. The number of aryl methyl sites for hydroxylation is 1. The smallest absolute Gasteiger partial charge is 0.305 e. The van der Waals surface area contributed by atoms with Gasteiger partial charge >= 0.3 is 11.9 Å². The Morgan fingerprint density at radius 2 is 0.980 bits per heavy atom. The van der Waals surface area contributed by atoms with Gasteiger partial charge in [-0.3, -0.25) is 9.59 Å². The lowest BCUT2D eigenvalue weighted by Gasteiger charge is -2.12. The Kier molecular flexibility index (Phi) is 15.9. The Bertz CT molecular complexity index is 1710. The van der Waals surface area contributed by atoms with E-state index in [1.807, 2.05) is 105 Å². The van der Waals surface area contributed by atoms with Gasteiger partial charge in [-0.1, -0.05) is 0 Å². The molecule has 0 radical (unpaired) electrons. The third-order valence-electron chi connectivity index (χ3n) is 7.34. The fourth-order valence-corrected chi connectivity index (χ4v) is 4.64. The standard InChI is InChI=1S/C39H46N6O6/c1-4-48-38(46)10-6-8-26-50-35-21-16-32(17-22-35)41-40-30-12-14-31(15-13-30)43-45-37-25-20-34(28-29(37)3)44-42-33-18-23-36(24-19-33)51-27-9-7-11-39(47)49-5-2/h12-25,28,42,44H,4-11,26-27H2,1-3H3. The molecule has 0 heterocycles. The first-order chi connectivity index (χ1) is 24.9. The molecule has 2 N–H and O–H groups in total. The molecule has 0 amide bonds. The first kappa shape index (κ1) is 38.0. The second kappa shape index (κ2) is 21.3. The monoisotopic (exact) mass is 694 g/mol. The van der Waals surface area contributed by atoms with Gasteiger partial charge in [0.05, 0.1) is 60.6 Å². The number of anilines is 2. The molecular formula is C39H46N6O6. The molecule has 0 saturated carbocycles. The number of azo groups is 2. The van der Waals surface area contributed by atoms with Crippen molar-refractivity contribution in [2.45, 2.75) is 59.3 Å². The van der Waals surface area contributed by atoms with E-state index in [9.17, 15) is 9.59 Å². The van der Waals surface area contributed by atoms with Crippen LogP contribution in [-0.2, 0) is 19.1 Å². The van der Waals surface area contributed by atoms with E-state index in [1.54, 1.807) is 6.92 Å². The van der Waals surface area contributed by atoms with Gasteiger partial charge in [0, 0.05) is 12.8 Å². The summed E-state index contributed by atoms with van der Waals surface area (Å²) in [4.78, 5) is 22.8. The molecule has 0 fully saturated rings. The first-order valence-electron chi connectivity index (χ1n) is 17.2. The Morgan fingerprint density at radius 1 is 0.549 bits per heavy atom. The normalized spacial score (nSPS) is 11.0. The lowest BCUT2D eigenvalue weighted by molar-refractivity contribution is -0.144. The minimum atomic E-state index is -0.170. The van der Waals surface area contributed by atoms with Crippen molar-refractivity contribution in [1.29, 1.82) is 0 Å². The van der Waals surface area contributed by atoms with E-state index in [4.69, 9.17) is 18.9 Å². The molecule has 0 bridgehead atoms. The highest BCUT2D eigenvalue weighted by atomic mass is 16.5. The van der Waals surface area contributed by atoms with E-state index < -0.39 is 0 Å². The SMILES string of the molecule is CCOC(=O)CCCCOc1ccc(N=Nc2ccc(N=Nc3ccc(NNc4ccc(OCCCCC(=O)OCC)cc4)cc3C)cc2)cc1. The van der Waals surface area contributed by atoms with Crippen molar-refractivity contribution in [2.75, 3.05) is 37.3 Å². The number of ether oxygens (including phenoxy) is 4. The Balaban J connectivity index is 1.16. The highest BCUT2D eigenvalue weighted by Crippen LogP contribution is 2.27. The molecule has 0 unspecified atom stereocenters. The van der Waals surface area contributed by atoms with Crippen LogP contribution in [0.3, 0.4) is 0 Å². The zero-order valence-corrected chi connectivity index (χ0v) is 29.5. The van der Waals surface area contributed by atoms with Crippen molar-refractivity contribution in [1.82, 2.24) is 0 Å². The van der Waals surface area contributed by atoms with Crippen molar-refractivity contribution >= 4 is 46.1 Å². The highest BCUT2D eigenvalue weighted by molar-refractivity contribution is 5.69. The molecule has 0 atom stereocenters. The summed E-state index contributed by atoms with van der Waals surface area (Å²) in [6, 6.07) is 28.2. The van der Waals surface area contributed by atoms with E-state index in [0.717, 1.165) is 59.8 Å². The molecule has 0 aliphatic heterocycles. The van der Waals surface area contributed by atoms with Gasteiger partial charge < -0.3 is 29.8 Å². The molecule has 268 valence electrons. The Morgan fingerprint density at radius 3 is 1.47 bits per heavy atom. The number of hydrogen-bond donors (Lipinski definition) is 2. The Labute approximate surface area is 299 Å². The van der Waals surface area contributed by atoms with Gasteiger partial charge in [-0.2, -0.15) is 20.5 Å². The minimum absolute atomic E-state index is 0.165. The summed E-state index contributed by atoms with van der Waals surface area (Å²) in [7, 11) is 0. The van der Waals surface area contributed by atoms with Gasteiger partial charge in [-0.25, -0.2) is 0 Å². The summed E-state index contributed by atoms with van der Waals surface area (Å²) >= 11 is 0. The summed E-state index contributed by atoms with van der Waals surface area (Å²) in [5.41, 5.74) is 12.0. The number of nitrogens with zero attached hydrogens (tertiary/aromatic N) is 4. The molecule has 0 aliphatic carbocycles. The van der Waals surface area contributed by atoms with Crippen molar-refractivity contribution in [2.24, 2.45) is 20.5 Å². The second-order valence-corrected chi connectivity index (χ2v) is 11.4. The summed E-state index contributed by atoms with van der Waals surface area (Å²) in [6.45, 7) is 7.48. The number of carbonyl (C=O) groups is 2. The first-order valence-corrected chi connectivity index (χ1v) is 17.2. The van der Waals surface area contributed by atoms with Crippen LogP contribution in [0.25, 0.3) is 0 Å². The van der Waals surface area contributed by atoms with Crippen LogP contribution in [0.2, 0.25) is 0 Å². The molecule has 4 rings (SSSR count). The predicted molar refractivity (Wildman–Crippen MR) is 198 cm³/mol. The van der Waals surface area contributed by atoms with E-state index in [2.05, 4.69) is 31.3 Å². The minimum Gasteiger partial charge on any atom is -0.494 e. The maximum absolute atomic E-state index is 11.4. The van der Waals surface area contributed by atoms with Gasteiger partial charge in [0.25, 0.3) is 0 Å². The van der Waals surface area contributed by atoms with Crippen molar-refractivity contribution in [3.8, 4) is 11.5 Å². The molecule has 4 aromatic carbocycles. The molecule has 0 aliphatic rings. The summed E-state index contributed by atoms with van der Waals surface area (Å²) in [5, 5.41) is 17.4. The van der Waals surface area contributed by atoms with Crippen LogP contribution in [0.4, 0.5) is 34.1 Å². The van der Waals surface area contributed by atoms with Crippen molar-refractivity contribution < 1.29 is 28.5 Å². The number of unbranched alkanes of at least 4 members (excludes halogenated alkanes) is 2. The quantitative estimate of drug-likeness (QED) is 0.0379. The third kappa shape index (κ3) is 14.3. The van der Waals surface area contributed by atoms with Crippen LogP contribution in [0.15, 0.2) is 111 Å². The second-order valence-electron chi connectivity index (χ2n) is 11.4. The number of nitrogens with one attached hydrogen (secondary N) is 2. The lowest BCUT2D eigenvalue weighted by atomic mass is 10.2. The largest absolute Gasteiger partial charge is 0.494 e. The molecule has 4 aromatic rings. The highest BCUT2D eigenvalue weighted by Gasteiger charge is 2.04. The molecule has 51 heavy (non-hydrogen) atoms. The summed E-state index contributed by atoms with van der Waals surface area (Å²) in [6.07, 6.45) is 3.85. The zero-order valence-electron chi connectivity index (χ0n) is 29.5. The van der Waals surface area contributed by atoms with Crippen LogP contribution in [0.1, 0.15) is 57.9 Å². The lowest BCUT2D eigenvalue weighted by Crippen LogP contribution is -2.08. The van der Waals surface area contributed by atoms with Gasteiger partial charge in [0.15, 0.2) is 0 Å². The maximum atomic E-state index is 11.4. The average Bonchev–Trinajstić information content (AvgIpc) is 3.14. The van der Waals surface area contributed by atoms with Crippen LogP contribution >= 0.6 is 0 Å². The number of esters is 2. The topological polar surface area (TPSA) is 145 Å². The molecular weight excluding hydrogens is 648 g/mol. The van der Waals surface area contributed by atoms with E-state index in [1.165, 1.54) is 0 Å². The molecule has 12 heteroatoms. The summed E-state index contributed by atoms with van der Waals surface area (Å²) in [5.74, 6) is 1.17. The van der Waals surface area contributed by atoms with E-state index in [-0.39, 0.29) is 11.9 Å². The maximum Gasteiger partial charge on any atom is 0.305 e. The average molecular weight is 695 g/mol. The number of hydrogen-bond acceptors (Lipinski definition) is 12. The summed E-state index contributed by atoms with van der Waals surface area (Å²) < 4.78 is 21.4. The molecule has 0 aromatic heterocycles. The fraction of sp³-hybridized carbons (Fsp3) is 0.333. The number of carbonyl (C=O) groups excluding carboxylic acids is 2. The van der Waals surface area contributed by atoms with Gasteiger partial charge in [-0.05, 0) is 143 Å². The Hall–Kier alpha value is -5.78. The molecule has 0 spiro atoms. The molecule has 12 nitrogen and oxygen atoms in total. The number of benzene rings is 4. The molecule has 0 saturated heterocycles. The van der Waals surface area contributed by atoms with Gasteiger partial charge in [-0.15, -0.1) is 0 Å². The number of hydrazine groups is 1. The van der Waals surface area contributed by atoms with Crippen molar-refractivity contribution in [3.63, 3.8) is 0 Å². The third-order valence-corrected chi connectivity index (χ3v) is 7.34. The van der Waals surface area contributed by atoms with Crippen LogP contribution in [0.5, 0.6) is 11.5 Å². The fourth-order valence-electron chi connectivity index (χ4n) is 4.64. The van der Waals surface area contributed by atoms with Crippen molar-refractivity contribution in [3.05, 3.63) is 96.6 Å².